The summed E-state index contributed by atoms with van der Waals surface area (Å²) in [4.78, 5) is 0. The molecule has 0 amide bonds. The highest BCUT2D eigenvalue weighted by Gasteiger charge is 2.17. The van der Waals surface area contributed by atoms with Crippen LogP contribution in [0.1, 0.15) is 11.1 Å². The minimum atomic E-state index is 0.407. The van der Waals surface area contributed by atoms with Crippen molar-refractivity contribution in [2.75, 3.05) is 7.11 Å². The van der Waals surface area contributed by atoms with E-state index in [0.29, 0.717) is 6.61 Å². The van der Waals surface area contributed by atoms with Gasteiger partial charge >= 0.3 is 0 Å². The maximum absolute atomic E-state index is 6.45. The van der Waals surface area contributed by atoms with Gasteiger partial charge in [-0.1, -0.05) is 88.7 Å². The number of nitrogens with zero attached hydrogens (tertiary/aromatic N) is 2. The molecular formula is C39H29BrN2O2. The van der Waals surface area contributed by atoms with Gasteiger partial charge < -0.3 is 18.6 Å². The van der Waals surface area contributed by atoms with Gasteiger partial charge in [0.1, 0.15) is 18.1 Å². The fourth-order valence-corrected chi connectivity index (χ4v) is 6.80. The van der Waals surface area contributed by atoms with E-state index in [1.54, 1.807) is 7.11 Å². The molecule has 6 aromatic carbocycles. The number of halogens is 1. The molecule has 4 nitrogen and oxygen atoms in total. The zero-order valence-corrected chi connectivity index (χ0v) is 25.8. The Morgan fingerprint density at radius 3 is 1.36 bits per heavy atom. The third kappa shape index (κ3) is 4.43. The molecule has 0 saturated heterocycles. The summed E-state index contributed by atoms with van der Waals surface area (Å²) in [5, 5.41) is 5.68. The number of hydrogen-bond donors (Lipinski definition) is 0. The first-order valence-corrected chi connectivity index (χ1v) is 15.8. The van der Waals surface area contributed by atoms with Crippen molar-refractivity contribution < 1.29 is 9.47 Å². The maximum Gasteiger partial charge on any atom is 0.123 e. The second kappa shape index (κ2) is 10.9. The number of alkyl halides is 1. The molecule has 8 aromatic rings. The highest BCUT2D eigenvalue weighted by molar-refractivity contribution is 9.08. The molecule has 214 valence electrons. The van der Waals surface area contributed by atoms with Crippen molar-refractivity contribution in [2.45, 2.75) is 11.9 Å². The summed E-state index contributed by atoms with van der Waals surface area (Å²) in [6, 6.07) is 47.4. The van der Waals surface area contributed by atoms with E-state index in [4.69, 9.17) is 9.47 Å². The molecule has 0 spiro atoms. The van der Waals surface area contributed by atoms with Crippen LogP contribution in [0.15, 0.2) is 133 Å². The summed E-state index contributed by atoms with van der Waals surface area (Å²) in [5.74, 6) is 1.56. The lowest BCUT2D eigenvalue weighted by molar-refractivity contribution is 0.303. The van der Waals surface area contributed by atoms with Crippen LogP contribution in [0.25, 0.3) is 55.0 Å². The predicted molar refractivity (Wildman–Crippen MR) is 185 cm³/mol. The quantitative estimate of drug-likeness (QED) is 0.163. The molecule has 0 fully saturated rings. The molecule has 0 radical (unpaired) electrons. The van der Waals surface area contributed by atoms with E-state index in [0.717, 1.165) is 39.3 Å². The van der Waals surface area contributed by atoms with Crippen molar-refractivity contribution in [2.24, 2.45) is 0 Å². The Morgan fingerprint density at radius 1 is 0.500 bits per heavy atom. The molecule has 0 aliphatic carbocycles. The van der Waals surface area contributed by atoms with Gasteiger partial charge in [-0.3, -0.25) is 0 Å². The van der Waals surface area contributed by atoms with E-state index in [1.807, 2.05) is 12.1 Å². The van der Waals surface area contributed by atoms with Crippen molar-refractivity contribution in [1.82, 2.24) is 9.13 Å². The fraction of sp³-hybridized carbons (Fsp3) is 0.0769. The number of ether oxygens (including phenoxy) is 2. The Morgan fingerprint density at radius 2 is 0.932 bits per heavy atom. The minimum Gasteiger partial charge on any atom is -0.497 e. The van der Waals surface area contributed by atoms with Crippen molar-refractivity contribution in [3.8, 4) is 22.9 Å². The van der Waals surface area contributed by atoms with E-state index in [2.05, 4.69) is 146 Å². The zero-order chi connectivity index (χ0) is 29.6. The summed E-state index contributed by atoms with van der Waals surface area (Å²) < 4.78 is 16.7. The van der Waals surface area contributed by atoms with Gasteiger partial charge in [0.05, 0.1) is 29.2 Å². The van der Waals surface area contributed by atoms with E-state index in [1.165, 1.54) is 43.6 Å². The number of fused-ring (bicyclic) bond motifs is 6. The van der Waals surface area contributed by atoms with Gasteiger partial charge in [0.15, 0.2) is 0 Å². The standard InChI is InChI=1S/C39H29BrN2O2/c1-43-30-20-26(24-40)21-31(23-30)44-25-27-18-28(41-36-14-6-2-10-32(36)33-11-3-7-15-37(33)41)22-29(19-27)42-38-16-8-4-12-34(38)35-13-5-9-17-39(35)42/h2-23H,24-25H2,1H3. The Kier molecular flexibility index (Phi) is 6.61. The number of hydrogen-bond acceptors (Lipinski definition) is 2. The highest BCUT2D eigenvalue weighted by Crippen LogP contribution is 2.36. The first-order valence-electron chi connectivity index (χ1n) is 14.7. The van der Waals surface area contributed by atoms with Crippen molar-refractivity contribution in [3.05, 3.63) is 145 Å². The predicted octanol–water partition coefficient (Wildman–Crippen LogP) is 10.4. The smallest absolute Gasteiger partial charge is 0.123 e. The number of rotatable bonds is 7. The molecule has 44 heavy (non-hydrogen) atoms. The molecule has 5 heteroatoms. The molecule has 0 N–H and O–H groups in total. The molecule has 2 heterocycles. The third-order valence-electron chi connectivity index (χ3n) is 8.37. The molecule has 2 aromatic heterocycles. The second-order valence-corrected chi connectivity index (χ2v) is 11.6. The SMILES string of the molecule is COc1cc(CBr)cc(OCc2cc(-n3c4ccccc4c4ccccc43)cc(-n3c4ccccc4c4ccccc43)c2)c1. The molecule has 0 bridgehead atoms. The minimum absolute atomic E-state index is 0.407. The van der Waals surface area contributed by atoms with Crippen LogP contribution in [0.3, 0.4) is 0 Å². The van der Waals surface area contributed by atoms with Crippen LogP contribution in [-0.2, 0) is 11.9 Å². The number of para-hydroxylation sites is 4. The van der Waals surface area contributed by atoms with Gasteiger partial charge in [0.25, 0.3) is 0 Å². The van der Waals surface area contributed by atoms with Gasteiger partial charge in [-0.25, -0.2) is 0 Å². The average Bonchev–Trinajstić information content (AvgIpc) is 3.60. The summed E-state index contributed by atoms with van der Waals surface area (Å²) in [7, 11) is 1.68. The highest BCUT2D eigenvalue weighted by atomic mass is 79.9. The second-order valence-electron chi connectivity index (χ2n) is 11.0. The van der Waals surface area contributed by atoms with Crippen LogP contribution in [0.2, 0.25) is 0 Å². The molecule has 0 unspecified atom stereocenters. The van der Waals surface area contributed by atoms with Crippen LogP contribution < -0.4 is 9.47 Å². The van der Waals surface area contributed by atoms with Crippen LogP contribution >= 0.6 is 15.9 Å². The number of methoxy groups -OCH3 is 1. The molecule has 0 atom stereocenters. The summed E-state index contributed by atoms with van der Waals surface area (Å²) in [5.41, 5.74) is 9.06. The van der Waals surface area contributed by atoms with Crippen LogP contribution in [0.4, 0.5) is 0 Å². The lowest BCUT2D eigenvalue weighted by atomic mass is 10.1. The van der Waals surface area contributed by atoms with Gasteiger partial charge in [0, 0.05) is 44.3 Å². The summed E-state index contributed by atoms with van der Waals surface area (Å²) in [6.45, 7) is 0.407. The van der Waals surface area contributed by atoms with Gasteiger partial charge in [-0.2, -0.15) is 0 Å². The van der Waals surface area contributed by atoms with Crippen molar-refractivity contribution >= 4 is 59.5 Å². The Balaban J connectivity index is 1.36. The van der Waals surface area contributed by atoms with E-state index < -0.39 is 0 Å². The van der Waals surface area contributed by atoms with Crippen LogP contribution in [-0.4, -0.2) is 16.2 Å². The number of aromatic nitrogens is 2. The largest absolute Gasteiger partial charge is 0.497 e. The fourth-order valence-electron chi connectivity index (χ4n) is 6.48. The first kappa shape index (κ1) is 26.6. The molecule has 0 aliphatic rings. The van der Waals surface area contributed by atoms with E-state index in [-0.39, 0.29) is 0 Å². The Hall–Kier alpha value is -5.00. The van der Waals surface area contributed by atoms with Gasteiger partial charge in [-0.05, 0) is 65.7 Å². The Labute approximate surface area is 263 Å². The summed E-state index contributed by atoms with van der Waals surface area (Å²) in [6.07, 6.45) is 0. The lowest BCUT2D eigenvalue weighted by Crippen LogP contribution is -2.03. The summed E-state index contributed by atoms with van der Waals surface area (Å²) >= 11 is 3.58. The van der Waals surface area contributed by atoms with E-state index >= 15 is 0 Å². The van der Waals surface area contributed by atoms with Gasteiger partial charge in [0.2, 0.25) is 0 Å². The monoisotopic (exact) mass is 636 g/mol. The molecule has 0 aliphatic heterocycles. The normalized spacial score (nSPS) is 11.6. The Bertz CT molecular complexity index is 2070. The van der Waals surface area contributed by atoms with Crippen LogP contribution in [0, 0.1) is 0 Å². The first-order chi connectivity index (χ1) is 21.7. The molecular weight excluding hydrogens is 608 g/mol. The molecule has 8 rings (SSSR count). The van der Waals surface area contributed by atoms with Crippen LogP contribution in [0.5, 0.6) is 11.5 Å². The average molecular weight is 638 g/mol. The van der Waals surface area contributed by atoms with E-state index in [9.17, 15) is 0 Å². The lowest BCUT2D eigenvalue weighted by Gasteiger charge is -2.16. The van der Waals surface area contributed by atoms with Crippen molar-refractivity contribution in [3.63, 3.8) is 0 Å². The van der Waals surface area contributed by atoms with Crippen molar-refractivity contribution in [1.29, 1.82) is 0 Å². The molecule has 0 saturated carbocycles. The maximum atomic E-state index is 6.45. The zero-order valence-electron chi connectivity index (χ0n) is 24.2. The number of benzene rings is 6. The third-order valence-corrected chi connectivity index (χ3v) is 9.02. The van der Waals surface area contributed by atoms with Gasteiger partial charge in [-0.15, -0.1) is 0 Å². The topological polar surface area (TPSA) is 28.3 Å².